The standard InChI is InChI=1S/C10H17/c1-5-10(6-2)8-7-9(3)4/h1,9-10H,3,6-8H2,2,4H3. The Hall–Kier alpha value is -0.440. The van der Waals surface area contributed by atoms with Gasteiger partial charge in [-0.05, 0) is 25.2 Å². The van der Waals surface area contributed by atoms with Crippen LogP contribution in [0.15, 0.2) is 0 Å². The van der Waals surface area contributed by atoms with Gasteiger partial charge in [-0.2, -0.15) is 0 Å². The van der Waals surface area contributed by atoms with Crippen LogP contribution in [-0.4, -0.2) is 0 Å². The van der Waals surface area contributed by atoms with Crippen molar-refractivity contribution in [3.63, 3.8) is 0 Å². The van der Waals surface area contributed by atoms with E-state index in [-0.39, 0.29) is 0 Å². The van der Waals surface area contributed by atoms with Gasteiger partial charge in [0.25, 0.3) is 0 Å². The number of hydrogen-bond acceptors (Lipinski definition) is 0. The molecule has 0 aromatic carbocycles. The minimum Gasteiger partial charge on any atom is -0.120 e. The lowest BCUT2D eigenvalue weighted by molar-refractivity contribution is 0.507. The molecule has 0 heteroatoms. The van der Waals surface area contributed by atoms with Crippen molar-refractivity contribution in [3.05, 3.63) is 6.92 Å². The first-order valence-electron chi connectivity index (χ1n) is 3.99. The van der Waals surface area contributed by atoms with Gasteiger partial charge in [0.05, 0.1) is 0 Å². The Morgan fingerprint density at radius 2 is 2.10 bits per heavy atom. The van der Waals surface area contributed by atoms with Gasteiger partial charge in [0.2, 0.25) is 0 Å². The van der Waals surface area contributed by atoms with Crippen LogP contribution in [0.1, 0.15) is 33.1 Å². The smallest absolute Gasteiger partial charge is 0.0197 e. The van der Waals surface area contributed by atoms with Gasteiger partial charge >= 0.3 is 0 Å². The van der Waals surface area contributed by atoms with Crippen molar-refractivity contribution in [2.45, 2.75) is 33.1 Å². The van der Waals surface area contributed by atoms with Crippen LogP contribution >= 0.6 is 0 Å². The van der Waals surface area contributed by atoms with E-state index in [4.69, 9.17) is 6.42 Å². The van der Waals surface area contributed by atoms with E-state index in [1.165, 1.54) is 0 Å². The van der Waals surface area contributed by atoms with Gasteiger partial charge in [0.1, 0.15) is 0 Å². The number of rotatable bonds is 4. The largest absolute Gasteiger partial charge is 0.120 e. The van der Waals surface area contributed by atoms with Crippen molar-refractivity contribution in [2.75, 3.05) is 0 Å². The van der Waals surface area contributed by atoms with Crippen molar-refractivity contribution < 1.29 is 0 Å². The zero-order valence-corrected chi connectivity index (χ0v) is 7.06. The fourth-order valence-corrected chi connectivity index (χ4v) is 0.891. The van der Waals surface area contributed by atoms with Gasteiger partial charge in [-0.15, -0.1) is 12.3 Å². The summed E-state index contributed by atoms with van der Waals surface area (Å²) in [5.41, 5.74) is 0. The third-order valence-electron chi connectivity index (χ3n) is 1.74. The number of terminal acetylenes is 1. The van der Waals surface area contributed by atoms with Crippen molar-refractivity contribution in [1.29, 1.82) is 0 Å². The third-order valence-corrected chi connectivity index (χ3v) is 1.74. The highest BCUT2D eigenvalue weighted by Gasteiger charge is 2.02. The summed E-state index contributed by atoms with van der Waals surface area (Å²) in [7, 11) is 0. The van der Waals surface area contributed by atoms with Crippen molar-refractivity contribution in [3.8, 4) is 12.3 Å². The molecular formula is C10H17. The predicted octanol–water partition coefficient (Wildman–Crippen LogP) is 2.90. The van der Waals surface area contributed by atoms with Crippen molar-refractivity contribution in [2.24, 2.45) is 11.8 Å². The Morgan fingerprint density at radius 1 is 1.50 bits per heavy atom. The molecule has 0 aromatic heterocycles. The summed E-state index contributed by atoms with van der Waals surface area (Å²) < 4.78 is 0. The fourth-order valence-electron chi connectivity index (χ4n) is 0.891. The average molecular weight is 137 g/mol. The molecule has 0 aromatic rings. The molecule has 1 radical (unpaired) electrons. The van der Waals surface area contributed by atoms with E-state index in [0.29, 0.717) is 11.8 Å². The van der Waals surface area contributed by atoms with Gasteiger partial charge in [-0.25, -0.2) is 0 Å². The van der Waals surface area contributed by atoms with Gasteiger partial charge in [0, 0.05) is 5.92 Å². The highest BCUT2D eigenvalue weighted by Crippen LogP contribution is 2.13. The second kappa shape index (κ2) is 5.35. The quantitative estimate of drug-likeness (QED) is 0.523. The molecular weight excluding hydrogens is 120 g/mol. The van der Waals surface area contributed by atoms with Crippen LogP contribution in [0, 0.1) is 31.1 Å². The second-order valence-corrected chi connectivity index (χ2v) is 2.95. The van der Waals surface area contributed by atoms with E-state index >= 15 is 0 Å². The van der Waals surface area contributed by atoms with Crippen LogP contribution < -0.4 is 0 Å². The van der Waals surface area contributed by atoms with Crippen LogP contribution in [0.2, 0.25) is 0 Å². The van der Waals surface area contributed by atoms with E-state index in [9.17, 15) is 0 Å². The molecule has 0 aliphatic heterocycles. The van der Waals surface area contributed by atoms with E-state index in [1.807, 2.05) is 0 Å². The molecule has 0 saturated carbocycles. The van der Waals surface area contributed by atoms with Crippen LogP contribution in [0.4, 0.5) is 0 Å². The zero-order valence-electron chi connectivity index (χ0n) is 7.06. The minimum atomic E-state index is 0.476. The van der Waals surface area contributed by atoms with E-state index in [0.717, 1.165) is 19.3 Å². The summed E-state index contributed by atoms with van der Waals surface area (Å²) in [4.78, 5) is 0. The Balaban J connectivity index is 3.38. The van der Waals surface area contributed by atoms with Gasteiger partial charge < -0.3 is 0 Å². The minimum absolute atomic E-state index is 0.476. The summed E-state index contributed by atoms with van der Waals surface area (Å²) in [6, 6.07) is 0. The molecule has 0 heterocycles. The van der Waals surface area contributed by atoms with Crippen LogP contribution in [0.25, 0.3) is 0 Å². The summed E-state index contributed by atoms with van der Waals surface area (Å²) in [6.45, 7) is 8.18. The van der Waals surface area contributed by atoms with E-state index in [1.54, 1.807) is 0 Å². The Kier molecular flexibility index (Phi) is 5.12. The lowest BCUT2D eigenvalue weighted by Crippen LogP contribution is -1.97. The van der Waals surface area contributed by atoms with Gasteiger partial charge in [-0.1, -0.05) is 20.8 Å². The molecule has 0 saturated heterocycles. The predicted molar refractivity (Wildman–Crippen MR) is 46.4 cm³/mol. The first-order valence-corrected chi connectivity index (χ1v) is 3.99. The maximum Gasteiger partial charge on any atom is 0.0197 e. The topological polar surface area (TPSA) is 0 Å². The maximum atomic E-state index is 5.30. The summed E-state index contributed by atoms with van der Waals surface area (Å²) in [6.07, 6.45) is 8.69. The molecule has 2 unspecified atom stereocenters. The molecule has 0 aliphatic carbocycles. The maximum absolute atomic E-state index is 5.30. The Labute approximate surface area is 65.0 Å². The van der Waals surface area contributed by atoms with Crippen molar-refractivity contribution in [1.82, 2.24) is 0 Å². The zero-order chi connectivity index (χ0) is 7.98. The van der Waals surface area contributed by atoms with E-state index in [2.05, 4.69) is 26.7 Å². The highest BCUT2D eigenvalue weighted by atomic mass is 14.1. The molecule has 0 nitrogen and oxygen atoms in total. The van der Waals surface area contributed by atoms with Crippen molar-refractivity contribution >= 4 is 0 Å². The molecule has 2 atom stereocenters. The molecule has 0 amide bonds. The lowest BCUT2D eigenvalue weighted by Gasteiger charge is -2.08. The summed E-state index contributed by atoms with van der Waals surface area (Å²) in [5.74, 6) is 3.80. The highest BCUT2D eigenvalue weighted by molar-refractivity contribution is 4.92. The monoisotopic (exact) mass is 137 g/mol. The SMILES string of the molecule is C#CC(CC)CCC([CH2])C. The molecule has 0 N–H and O–H groups in total. The molecule has 0 bridgehead atoms. The average Bonchev–Trinajstić information content (AvgIpc) is 1.90. The van der Waals surface area contributed by atoms with Gasteiger partial charge in [-0.3, -0.25) is 0 Å². The lowest BCUT2D eigenvalue weighted by atomic mass is 9.97. The molecule has 0 rings (SSSR count). The van der Waals surface area contributed by atoms with Crippen LogP contribution in [-0.2, 0) is 0 Å². The summed E-state index contributed by atoms with van der Waals surface area (Å²) >= 11 is 0. The normalized spacial score (nSPS) is 13.1. The molecule has 10 heavy (non-hydrogen) atoms. The first-order chi connectivity index (χ1) is 4.70. The van der Waals surface area contributed by atoms with Crippen LogP contribution in [0.3, 0.4) is 0 Å². The van der Waals surface area contributed by atoms with E-state index < -0.39 is 0 Å². The Bertz CT molecular complexity index is 106. The third kappa shape index (κ3) is 4.44. The molecule has 0 fully saturated rings. The molecule has 0 spiro atoms. The molecule has 0 aliphatic rings. The van der Waals surface area contributed by atoms with Crippen LogP contribution in [0.5, 0.6) is 0 Å². The Morgan fingerprint density at radius 3 is 2.40 bits per heavy atom. The number of hydrogen-bond donors (Lipinski definition) is 0. The second-order valence-electron chi connectivity index (χ2n) is 2.95. The fraction of sp³-hybridized carbons (Fsp3) is 0.700. The summed E-state index contributed by atoms with van der Waals surface area (Å²) in [5, 5.41) is 0. The van der Waals surface area contributed by atoms with Gasteiger partial charge in [0.15, 0.2) is 0 Å². The molecule has 57 valence electrons. The first kappa shape index (κ1) is 9.56.